The molecule has 2 aromatic carbocycles. The van der Waals surface area contributed by atoms with Crippen LogP contribution in [-0.4, -0.2) is 11.7 Å². The van der Waals surface area contributed by atoms with E-state index in [1.54, 1.807) is 11.8 Å². The Morgan fingerprint density at radius 3 is 2.40 bits per heavy atom. The van der Waals surface area contributed by atoms with Crippen molar-refractivity contribution < 1.29 is 4.79 Å². The smallest absolute Gasteiger partial charge is 0.238 e. The Labute approximate surface area is 127 Å². The average Bonchev–Trinajstić information content (AvgIpc) is 2.83. The van der Waals surface area contributed by atoms with Crippen molar-refractivity contribution >= 4 is 35.0 Å². The van der Waals surface area contributed by atoms with Gasteiger partial charge in [-0.3, -0.25) is 9.69 Å². The maximum Gasteiger partial charge on any atom is 0.238 e. The summed E-state index contributed by atoms with van der Waals surface area (Å²) in [6.07, 6.45) is 0. The van der Waals surface area contributed by atoms with Gasteiger partial charge in [0, 0.05) is 10.7 Å². The summed E-state index contributed by atoms with van der Waals surface area (Å²) < 4.78 is 0. The van der Waals surface area contributed by atoms with E-state index in [0.717, 1.165) is 11.3 Å². The fraction of sp³-hybridized carbons (Fsp3) is 0.188. The number of anilines is 1. The quantitative estimate of drug-likeness (QED) is 0.818. The summed E-state index contributed by atoms with van der Waals surface area (Å²) in [5, 5.41) is 0.726. The predicted molar refractivity (Wildman–Crippen MR) is 85.3 cm³/mol. The highest BCUT2D eigenvalue weighted by Crippen LogP contribution is 2.41. The first-order valence-electron chi connectivity index (χ1n) is 6.41. The fourth-order valence-corrected chi connectivity index (χ4v) is 3.59. The van der Waals surface area contributed by atoms with Crippen LogP contribution in [0.4, 0.5) is 5.69 Å². The largest absolute Gasteiger partial charge is 0.295 e. The molecular formula is C16H14ClNOS. The Hall–Kier alpha value is -1.45. The van der Waals surface area contributed by atoms with Gasteiger partial charge in [-0.15, -0.1) is 11.8 Å². The normalized spacial score (nSPS) is 18.6. The van der Waals surface area contributed by atoms with Gasteiger partial charge in [0.25, 0.3) is 0 Å². The van der Waals surface area contributed by atoms with Crippen molar-refractivity contribution in [1.29, 1.82) is 0 Å². The maximum atomic E-state index is 12.2. The van der Waals surface area contributed by atoms with Crippen molar-refractivity contribution in [1.82, 2.24) is 0 Å². The van der Waals surface area contributed by atoms with E-state index in [0.29, 0.717) is 10.8 Å². The van der Waals surface area contributed by atoms with Crippen molar-refractivity contribution in [3.05, 3.63) is 64.7 Å². The molecule has 102 valence electrons. The molecule has 1 aliphatic heterocycles. The molecule has 4 heteroatoms. The lowest BCUT2D eigenvalue weighted by atomic mass is 10.1. The fourth-order valence-electron chi connectivity index (χ4n) is 2.28. The molecule has 1 heterocycles. The van der Waals surface area contributed by atoms with Gasteiger partial charge < -0.3 is 0 Å². The number of nitrogens with zero attached hydrogens (tertiary/aromatic N) is 1. The molecular weight excluding hydrogens is 290 g/mol. The van der Waals surface area contributed by atoms with Gasteiger partial charge in [-0.2, -0.15) is 0 Å². The maximum absolute atomic E-state index is 12.2. The first kappa shape index (κ1) is 13.5. The summed E-state index contributed by atoms with van der Waals surface area (Å²) in [6, 6.07) is 15.8. The number of benzene rings is 2. The molecule has 0 radical (unpaired) electrons. The molecule has 0 unspecified atom stereocenters. The predicted octanol–water partition coefficient (Wildman–Crippen LogP) is 4.43. The third-order valence-electron chi connectivity index (χ3n) is 3.34. The molecule has 0 N–H and O–H groups in total. The van der Waals surface area contributed by atoms with E-state index in [9.17, 15) is 4.79 Å². The third kappa shape index (κ3) is 2.56. The van der Waals surface area contributed by atoms with E-state index >= 15 is 0 Å². The van der Waals surface area contributed by atoms with Gasteiger partial charge in [0.05, 0.1) is 5.75 Å². The lowest BCUT2D eigenvalue weighted by Gasteiger charge is -2.24. The molecule has 0 saturated carbocycles. The van der Waals surface area contributed by atoms with Crippen LogP contribution in [0.25, 0.3) is 0 Å². The van der Waals surface area contributed by atoms with Crippen LogP contribution in [0.2, 0.25) is 5.02 Å². The SMILES string of the molecule is Cc1ccc([C@H]2SCC(=O)N2c2ccc(Cl)cc2)cc1. The van der Waals surface area contributed by atoms with Gasteiger partial charge in [-0.05, 0) is 36.8 Å². The second kappa shape index (κ2) is 5.51. The van der Waals surface area contributed by atoms with E-state index in [1.165, 1.54) is 5.56 Å². The van der Waals surface area contributed by atoms with E-state index in [2.05, 4.69) is 31.2 Å². The number of amides is 1. The average molecular weight is 304 g/mol. The van der Waals surface area contributed by atoms with Crippen LogP contribution in [0.15, 0.2) is 48.5 Å². The molecule has 1 aliphatic rings. The number of aryl methyl sites for hydroxylation is 1. The van der Waals surface area contributed by atoms with E-state index < -0.39 is 0 Å². The van der Waals surface area contributed by atoms with Gasteiger partial charge in [-0.25, -0.2) is 0 Å². The Morgan fingerprint density at radius 2 is 1.75 bits per heavy atom. The van der Waals surface area contributed by atoms with E-state index in [-0.39, 0.29) is 11.3 Å². The number of hydrogen-bond donors (Lipinski definition) is 0. The highest BCUT2D eigenvalue weighted by molar-refractivity contribution is 8.00. The van der Waals surface area contributed by atoms with Crippen LogP contribution >= 0.6 is 23.4 Å². The summed E-state index contributed by atoms with van der Waals surface area (Å²) in [6.45, 7) is 2.06. The number of halogens is 1. The first-order valence-corrected chi connectivity index (χ1v) is 7.83. The van der Waals surface area contributed by atoms with Gasteiger partial charge in [0.2, 0.25) is 5.91 Å². The van der Waals surface area contributed by atoms with Gasteiger partial charge >= 0.3 is 0 Å². The lowest BCUT2D eigenvalue weighted by molar-refractivity contribution is -0.115. The minimum atomic E-state index is 0.0456. The molecule has 3 rings (SSSR count). The number of carbonyl (C=O) groups is 1. The van der Waals surface area contributed by atoms with Crippen LogP contribution in [-0.2, 0) is 4.79 Å². The van der Waals surface area contributed by atoms with Crippen molar-refractivity contribution in [3.63, 3.8) is 0 Å². The van der Waals surface area contributed by atoms with Crippen molar-refractivity contribution in [2.75, 3.05) is 10.7 Å². The van der Waals surface area contributed by atoms with E-state index in [1.807, 2.05) is 29.2 Å². The molecule has 0 aliphatic carbocycles. The molecule has 0 aromatic heterocycles. The molecule has 2 aromatic rings. The molecule has 20 heavy (non-hydrogen) atoms. The molecule has 1 amide bonds. The highest BCUT2D eigenvalue weighted by Gasteiger charge is 2.33. The highest BCUT2D eigenvalue weighted by atomic mass is 35.5. The number of carbonyl (C=O) groups excluding carboxylic acids is 1. The lowest BCUT2D eigenvalue weighted by Crippen LogP contribution is -2.27. The monoisotopic (exact) mass is 303 g/mol. The van der Waals surface area contributed by atoms with Crippen molar-refractivity contribution in [2.24, 2.45) is 0 Å². The zero-order chi connectivity index (χ0) is 14.1. The molecule has 0 bridgehead atoms. The minimum Gasteiger partial charge on any atom is -0.295 e. The zero-order valence-electron chi connectivity index (χ0n) is 11.0. The van der Waals surface area contributed by atoms with Gasteiger partial charge in [0.15, 0.2) is 0 Å². The first-order chi connectivity index (χ1) is 9.65. The van der Waals surface area contributed by atoms with Crippen LogP contribution in [0.1, 0.15) is 16.5 Å². The third-order valence-corrected chi connectivity index (χ3v) is 4.80. The Morgan fingerprint density at radius 1 is 1.10 bits per heavy atom. The standard InChI is InChI=1S/C16H14ClNOS/c1-11-2-4-12(5-3-11)16-18(15(19)10-20-16)14-8-6-13(17)7-9-14/h2-9,16H,10H2,1H3/t16-/m1/s1. The summed E-state index contributed by atoms with van der Waals surface area (Å²) in [5.41, 5.74) is 3.28. The molecule has 1 fully saturated rings. The topological polar surface area (TPSA) is 20.3 Å². The zero-order valence-corrected chi connectivity index (χ0v) is 12.6. The van der Waals surface area contributed by atoms with Crippen LogP contribution < -0.4 is 4.90 Å². The van der Waals surface area contributed by atoms with Gasteiger partial charge in [0.1, 0.15) is 5.37 Å². The Balaban J connectivity index is 1.96. The molecule has 2 nitrogen and oxygen atoms in total. The van der Waals surface area contributed by atoms with Crippen LogP contribution in [0, 0.1) is 6.92 Å². The minimum absolute atomic E-state index is 0.0456. The number of rotatable bonds is 2. The van der Waals surface area contributed by atoms with Crippen LogP contribution in [0.5, 0.6) is 0 Å². The van der Waals surface area contributed by atoms with Crippen molar-refractivity contribution in [3.8, 4) is 0 Å². The Kier molecular flexibility index (Phi) is 3.72. The molecule has 1 atom stereocenters. The summed E-state index contributed by atoms with van der Waals surface area (Å²) >= 11 is 7.58. The second-order valence-electron chi connectivity index (χ2n) is 4.81. The molecule has 1 saturated heterocycles. The summed E-state index contributed by atoms with van der Waals surface area (Å²) in [4.78, 5) is 14.0. The second-order valence-corrected chi connectivity index (χ2v) is 6.32. The summed E-state index contributed by atoms with van der Waals surface area (Å²) in [7, 11) is 0. The van der Waals surface area contributed by atoms with E-state index in [4.69, 9.17) is 11.6 Å². The number of hydrogen-bond acceptors (Lipinski definition) is 2. The Bertz CT molecular complexity index is 624. The van der Waals surface area contributed by atoms with Gasteiger partial charge in [-0.1, -0.05) is 41.4 Å². The van der Waals surface area contributed by atoms with Crippen molar-refractivity contribution in [2.45, 2.75) is 12.3 Å². The van der Waals surface area contributed by atoms with Crippen LogP contribution in [0.3, 0.4) is 0 Å². The molecule has 0 spiro atoms. The summed E-state index contributed by atoms with van der Waals surface area (Å²) in [5.74, 6) is 0.657. The number of thioether (sulfide) groups is 1.